The maximum Gasteiger partial charge on any atom is 0.274 e. The molecule has 0 saturated carbocycles. The highest BCUT2D eigenvalue weighted by Gasteiger charge is 2.13. The van der Waals surface area contributed by atoms with Gasteiger partial charge in [-0.2, -0.15) is 4.68 Å². The summed E-state index contributed by atoms with van der Waals surface area (Å²) in [5.74, 6) is -0.460. The van der Waals surface area contributed by atoms with E-state index in [1.54, 1.807) is 25.3 Å². The van der Waals surface area contributed by atoms with Crippen molar-refractivity contribution >= 4 is 17.3 Å². The lowest BCUT2D eigenvalue weighted by molar-refractivity contribution is 0.102. The highest BCUT2D eigenvalue weighted by molar-refractivity contribution is 6.03. The number of aryl methyl sites for hydroxylation is 1. The number of carbonyl (C=O) groups excluding carboxylic acids is 1. The molecule has 3 aromatic rings. The van der Waals surface area contributed by atoms with Crippen LogP contribution in [0, 0.1) is 12.7 Å². The Labute approximate surface area is 143 Å². The largest absolute Gasteiger partial charge is 0.378 e. The molecule has 0 fully saturated rings. The summed E-state index contributed by atoms with van der Waals surface area (Å²) in [5, 5.41) is 13.7. The summed E-state index contributed by atoms with van der Waals surface area (Å²) in [6.07, 6.45) is 1.56. The van der Waals surface area contributed by atoms with Gasteiger partial charge in [0.15, 0.2) is 5.82 Å². The van der Waals surface area contributed by atoms with E-state index in [9.17, 15) is 9.18 Å². The van der Waals surface area contributed by atoms with Crippen molar-refractivity contribution < 1.29 is 9.18 Å². The van der Waals surface area contributed by atoms with Crippen molar-refractivity contribution in [3.8, 4) is 5.69 Å². The first-order valence-corrected chi connectivity index (χ1v) is 7.45. The monoisotopic (exact) mass is 341 g/mol. The van der Waals surface area contributed by atoms with Gasteiger partial charge in [0.05, 0.1) is 0 Å². The first kappa shape index (κ1) is 16.5. The Kier molecular flexibility index (Phi) is 4.38. The third-order valence-electron chi connectivity index (χ3n) is 3.55. The van der Waals surface area contributed by atoms with Gasteiger partial charge in [-0.3, -0.25) is 9.78 Å². The predicted octanol–water partition coefficient (Wildman–Crippen LogP) is 1.82. The van der Waals surface area contributed by atoms with Crippen LogP contribution in [-0.2, 0) is 0 Å². The number of nitrogens with zero attached hydrogens (tertiary/aromatic N) is 6. The number of carbonyl (C=O) groups is 1. The summed E-state index contributed by atoms with van der Waals surface area (Å²) in [4.78, 5) is 18.3. The third kappa shape index (κ3) is 3.44. The molecule has 9 heteroatoms. The van der Waals surface area contributed by atoms with Crippen molar-refractivity contribution in [3.05, 3.63) is 53.9 Å². The molecule has 128 valence electrons. The number of aromatic nitrogens is 5. The molecule has 25 heavy (non-hydrogen) atoms. The van der Waals surface area contributed by atoms with Crippen LogP contribution >= 0.6 is 0 Å². The van der Waals surface area contributed by atoms with Crippen molar-refractivity contribution in [2.24, 2.45) is 0 Å². The number of hydrogen-bond donors (Lipinski definition) is 1. The number of nitrogens with one attached hydrogen (secondary N) is 1. The molecule has 2 aromatic heterocycles. The Morgan fingerprint density at radius 2 is 2.04 bits per heavy atom. The van der Waals surface area contributed by atoms with E-state index in [1.165, 1.54) is 22.9 Å². The van der Waals surface area contributed by atoms with Crippen molar-refractivity contribution in [2.45, 2.75) is 6.92 Å². The quantitative estimate of drug-likeness (QED) is 0.779. The Balaban J connectivity index is 1.87. The molecule has 0 saturated heterocycles. The Bertz CT molecular complexity index is 922. The van der Waals surface area contributed by atoms with Gasteiger partial charge in [0.1, 0.15) is 17.2 Å². The molecule has 0 unspecified atom stereocenters. The number of anilines is 2. The lowest BCUT2D eigenvalue weighted by Crippen LogP contribution is -2.16. The van der Waals surface area contributed by atoms with E-state index in [4.69, 9.17) is 0 Å². The fourth-order valence-electron chi connectivity index (χ4n) is 2.22. The molecule has 0 bridgehead atoms. The normalized spacial score (nSPS) is 10.6. The SMILES string of the molecule is Cc1nnnn1-c1cc(NC(=O)c2cc(N(C)C)ccn2)ccc1F. The van der Waals surface area contributed by atoms with Crippen LogP contribution < -0.4 is 10.2 Å². The van der Waals surface area contributed by atoms with Gasteiger partial charge in [0.25, 0.3) is 5.91 Å². The molecule has 1 amide bonds. The molecule has 0 aliphatic rings. The standard InChI is InChI=1S/C16H16FN7O/c1-10-20-21-22-24(10)15-8-11(4-5-13(15)17)19-16(25)14-9-12(23(2)3)6-7-18-14/h4-9H,1-3H3,(H,19,25). The highest BCUT2D eigenvalue weighted by atomic mass is 19.1. The fraction of sp³-hybridized carbons (Fsp3) is 0.188. The highest BCUT2D eigenvalue weighted by Crippen LogP contribution is 2.20. The number of tetrazole rings is 1. The molecule has 2 heterocycles. The maximum atomic E-state index is 14.1. The molecule has 1 aromatic carbocycles. The van der Waals surface area contributed by atoms with Crippen LogP contribution in [0.1, 0.15) is 16.3 Å². The minimum absolute atomic E-state index is 0.148. The molecule has 0 radical (unpaired) electrons. The van der Waals surface area contributed by atoms with Crippen LogP contribution in [0.2, 0.25) is 0 Å². The predicted molar refractivity (Wildman–Crippen MR) is 90.4 cm³/mol. The molecule has 0 spiro atoms. The third-order valence-corrected chi connectivity index (χ3v) is 3.55. The van der Waals surface area contributed by atoms with Crippen molar-refractivity contribution in [2.75, 3.05) is 24.3 Å². The topological polar surface area (TPSA) is 88.8 Å². The average molecular weight is 341 g/mol. The lowest BCUT2D eigenvalue weighted by atomic mass is 10.2. The Hall–Kier alpha value is -3.36. The number of halogens is 1. The van der Waals surface area contributed by atoms with Gasteiger partial charge in [-0.25, -0.2) is 4.39 Å². The second-order valence-electron chi connectivity index (χ2n) is 5.55. The molecule has 0 aliphatic carbocycles. The zero-order chi connectivity index (χ0) is 18.0. The van der Waals surface area contributed by atoms with E-state index >= 15 is 0 Å². The van der Waals surface area contributed by atoms with Gasteiger partial charge in [0.2, 0.25) is 0 Å². The van der Waals surface area contributed by atoms with Gasteiger partial charge < -0.3 is 10.2 Å². The molecule has 3 rings (SSSR count). The number of pyridine rings is 1. The van der Waals surface area contributed by atoms with Gasteiger partial charge in [0, 0.05) is 31.7 Å². The number of rotatable bonds is 4. The van der Waals surface area contributed by atoms with Gasteiger partial charge in [-0.1, -0.05) is 0 Å². The molecule has 1 N–H and O–H groups in total. The minimum atomic E-state index is -0.499. The first-order chi connectivity index (χ1) is 12.0. The second kappa shape index (κ2) is 6.63. The van der Waals surface area contributed by atoms with E-state index in [0.29, 0.717) is 11.5 Å². The fourth-order valence-corrected chi connectivity index (χ4v) is 2.22. The van der Waals surface area contributed by atoms with Gasteiger partial charge in [-0.15, -0.1) is 5.10 Å². The summed E-state index contributed by atoms with van der Waals surface area (Å²) in [5.41, 5.74) is 1.67. The second-order valence-corrected chi connectivity index (χ2v) is 5.55. The van der Waals surface area contributed by atoms with E-state index in [-0.39, 0.29) is 11.4 Å². The summed E-state index contributed by atoms with van der Waals surface area (Å²) < 4.78 is 15.3. The lowest BCUT2D eigenvalue weighted by Gasteiger charge is -2.13. The van der Waals surface area contributed by atoms with Crippen molar-refractivity contribution in [1.82, 2.24) is 25.2 Å². The van der Waals surface area contributed by atoms with E-state index in [1.807, 2.05) is 19.0 Å². The zero-order valence-electron chi connectivity index (χ0n) is 13.9. The van der Waals surface area contributed by atoms with Crippen molar-refractivity contribution in [3.63, 3.8) is 0 Å². The minimum Gasteiger partial charge on any atom is -0.378 e. The van der Waals surface area contributed by atoms with E-state index in [2.05, 4.69) is 25.8 Å². The van der Waals surface area contributed by atoms with Gasteiger partial charge in [-0.05, 0) is 47.7 Å². The Morgan fingerprint density at radius 3 is 2.72 bits per heavy atom. The van der Waals surface area contributed by atoms with E-state index in [0.717, 1.165) is 5.69 Å². The molecule has 0 atom stereocenters. The van der Waals surface area contributed by atoms with Crippen LogP contribution in [0.4, 0.5) is 15.8 Å². The molecular weight excluding hydrogens is 325 g/mol. The summed E-state index contributed by atoms with van der Waals surface area (Å²) >= 11 is 0. The van der Waals surface area contributed by atoms with E-state index < -0.39 is 11.7 Å². The van der Waals surface area contributed by atoms with Crippen LogP contribution in [0.15, 0.2) is 36.5 Å². The molecule has 8 nitrogen and oxygen atoms in total. The van der Waals surface area contributed by atoms with Crippen LogP contribution in [-0.4, -0.2) is 45.2 Å². The number of hydrogen-bond acceptors (Lipinski definition) is 6. The molecule has 0 aliphatic heterocycles. The number of amides is 1. The van der Waals surface area contributed by atoms with Crippen LogP contribution in [0.5, 0.6) is 0 Å². The average Bonchev–Trinajstić information content (AvgIpc) is 3.02. The van der Waals surface area contributed by atoms with Crippen LogP contribution in [0.25, 0.3) is 5.69 Å². The first-order valence-electron chi connectivity index (χ1n) is 7.45. The Morgan fingerprint density at radius 1 is 1.24 bits per heavy atom. The summed E-state index contributed by atoms with van der Waals surface area (Å²) in [7, 11) is 3.75. The molecular formula is C16H16FN7O. The smallest absolute Gasteiger partial charge is 0.274 e. The van der Waals surface area contributed by atoms with Crippen LogP contribution in [0.3, 0.4) is 0 Å². The zero-order valence-corrected chi connectivity index (χ0v) is 13.9. The maximum absolute atomic E-state index is 14.1. The summed E-state index contributed by atoms with van der Waals surface area (Å²) in [6.45, 7) is 1.65. The summed E-state index contributed by atoms with van der Waals surface area (Å²) in [6, 6.07) is 7.65. The van der Waals surface area contributed by atoms with Gasteiger partial charge >= 0.3 is 0 Å². The number of benzene rings is 1. The van der Waals surface area contributed by atoms with Crippen molar-refractivity contribution in [1.29, 1.82) is 0 Å².